The van der Waals surface area contributed by atoms with Crippen molar-refractivity contribution in [1.29, 1.82) is 0 Å². The molecule has 5 rings (SSSR count). The van der Waals surface area contributed by atoms with Crippen LogP contribution in [0.25, 0.3) is 22.4 Å². The second-order valence-corrected chi connectivity index (χ2v) is 9.46. The van der Waals surface area contributed by atoms with Crippen molar-refractivity contribution in [3.8, 4) is 11.4 Å². The maximum Gasteiger partial charge on any atom is 0.323 e. The first kappa shape index (κ1) is 22.4. The topological polar surface area (TPSA) is 118 Å². The van der Waals surface area contributed by atoms with Crippen molar-refractivity contribution in [2.45, 2.75) is 42.8 Å². The number of thioether (sulfide) groups is 1. The molecule has 0 aliphatic carbocycles. The number of nitrogens with one attached hydrogen (secondary N) is 3. The highest BCUT2D eigenvalue weighted by atomic mass is 32.2. The monoisotopic (exact) mass is 482 g/mol. The number of H-pyrrole nitrogens is 2. The molecule has 2 aromatic heterocycles. The van der Waals surface area contributed by atoms with Gasteiger partial charge in [-0.1, -0.05) is 11.8 Å². The van der Waals surface area contributed by atoms with Crippen LogP contribution in [0.1, 0.15) is 19.8 Å². The fourth-order valence-corrected chi connectivity index (χ4v) is 4.77. The van der Waals surface area contributed by atoms with Gasteiger partial charge < -0.3 is 20.0 Å². The maximum absolute atomic E-state index is 13.4. The second kappa shape index (κ2) is 9.43. The van der Waals surface area contributed by atoms with Gasteiger partial charge in [0.15, 0.2) is 11.0 Å². The number of anilines is 1. The summed E-state index contributed by atoms with van der Waals surface area (Å²) in [5, 5.41) is 11.7. The Morgan fingerprint density at radius 1 is 1.24 bits per heavy atom. The van der Waals surface area contributed by atoms with E-state index in [1.54, 1.807) is 37.3 Å². The smallest absolute Gasteiger partial charge is 0.323 e. The van der Waals surface area contributed by atoms with Crippen LogP contribution in [-0.2, 0) is 16.1 Å². The first-order chi connectivity index (χ1) is 16.5. The minimum absolute atomic E-state index is 0.0360. The van der Waals surface area contributed by atoms with Gasteiger partial charge in [0.2, 0.25) is 5.91 Å². The average Bonchev–Trinajstić information content (AvgIpc) is 3.55. The highest BCUT2D eigenvalue weighted by molar-refractivity contribution is 8.00. The summed E-state index contributed by atoms with van der Waals surface area (Å²) in [6.07, 6.45) is 1.97. The van der Waals surface area contributed by atoms with Crippen LogP contribution in [0.4, 0.5) is 10.1 Å². The molecular weight excluding hydrogens is 459 g/mol. The van der Waals surface area contributed by atoms with Gasteiger partial charge in [0, 0.05) is 17.9 Å². The number of carbonyl (C=O) groups excluding carboxylic acids is 1. The molecule has 1 amide bonds. The minimum Gasteiger partial charge on any atom is -0.376 e. The summed E-state index contributed by atoms with van der Waals surface area (Å²) in [6, 6.07) is 11.3. The number of hydrogen-bond acceptors (Lipinski definition) is 6. The summed E-state index contributed by atoms with van der Waals surface area (Å²) in [7, 11) is 0. The fourth-order valence-electron chi connectivity index (χ4n) is 3.91. The van der Waals surface area contributed by atoms with Crippen LogP contribution in [0.15, 0.2) is 52.4 Å². The van der Waals surface area contributed by atoms with Crippen molar-refractivity contribution in [3.05, 3.63) is 58.8 Å². The second-order valence-electron chi connectivity index (χ2n) is 8.15. The third-order valence-corrected chi connectivity index (χ3v) is 6.74. The van der Waals surface area contributed by atoms with Crippen LogP contribution < -0.4 is 11.0 Å². The summed E-state index contributed by atoms with van der Waals surface area (Å²) >= 11 is 1.29. The lowest BCUT2D eigenvalue weighted by Gasteiger charge is -2.16. The molecule has 0 saturated carbocycles. The molecule has 3 heterocycles. The van der Waals surface area contributed by atoms with Crippen LogP contribution in [0, 0.1) is 5.82 Å². The number of nitrogens with zero attached hydrogens (tertiary/aromatic N) is 3. The van der Waals surface area contributed by atoms with Crippen molar-refractivity contribution < 1.29 is 13.9 Å². The molecule has 1 aliphatic rings. The summed E-state index contributed by atoms with van der Waals surface area (Å²) < 4.78 is 21.2. The van der Waals surface area contributed by atoms with E-state index in [2.05, 4.69) is 25.5 Å². The van der Waals surface area contributed by atoms with Crippen molar-refractivity contribution in [1.82, 2.24) is 24.7 Å². The normalized spacial score (nSPS) is 16.7. The summed E-state index contributed by atoms with van der Waals surface area (Å²) in [5.74, 6) is 0.0699. The van der Waals surface area contributed by atoms with Crippen LogP contribution in [0.3, 0.4) is 0 Å². The Morgan fingerprint density at radius 3 is 2.79 bits per heavy atom. The van der Waals surface area contributed by atoms with Crippen LogP contribution in [-0.4, -0.2) is 48.6 Å². The minimum atomic E-state index is -0.477. The molecule has 0 spiro atoms. The molecule has 9 nitrogen and oxygen atoms in total. The van der Waals surface area contributed by atoms with Crippen LogP contribution in [0.5, 0.6) is 0 Å². The molecule has 4 aromatic rings. The molecule has 0 radical (unpaired) electrons. The van der Waals surface area contributed by atoms with Gasteiger partial charge >= 0.3 is 5.69 Å². The van der Waals surface area contributed by atoms with Gasteiger partial charge in [0.05, 0.1) is 28.9 Å². The molecule has 34 heavy (non-hydrogen) atoms. The van der Waals surface area contributed by atoms with E-state index in [1.807, 2.05) is 4.57 Å². The van der Waals surface area contributed by atoms with Gasteiger partial charge in [-0.15, -0.1) is 10.2 Å². The van der Waals surface area contributed by atoms with E-state index < -0.39 is 5.25 Å². The first-order valence-corrected chi connectivity index (χ1v) is 11.8. The van der Waals surface area contributed by atoms with E-state index in [9.17, 15) is 14.0 Å². The molecule has 0 unspecified atom stereocenters. The van der Waals surface area contributed by atoms with Gasteiger partial charge in [-0.05, 0) is 62.2 Å². The van der Waals surface area contributed by atoms with Crippen LogP contribution in [0.2, 0.25) is 0 Å². The Morgan fingerprint density at radius 2 is 2.03 bits per heavy atom. The largest absolute Gasteiger partial charge is 0.376 e. The number of carbonyl (C=O) groups is 1. The Kier molecular flexibility index (Phi) is 6.20. The predicted octanol–water partition coefficient (Wildman–Crippen LogP) is 3.55. The first-order valence-electron chi connectivity index (χ1n) is 11.0. The number of aromatic nitrogens is 5. The molecule has 0 bridgehead atoms. The van der Waals surface area contributed by atoms with Crippen LogP contribution >= 0.6 is 11.8 Å². The Balaban J connectivity index is 1.35. The van der Waals surface area contributed by atoms with Gasteiger partial charge in [0.1, 0.15) is 5.82 Å². The van der Waals surface area contributed by atoms with Gasteiger partial charge in [-0.2, -0.15) is 0 Å². The predicted molar refractivity (Wildman–Crippen MR) is 127 cm³/mol. The molecule has 3 N–H and O–H groups in total. The zero-order valence-corrected chi connectivity index (χ0v) is 19.2. The number of amides is 1. The number of rotatable bonds is 7. The lowest BCUT2D eigenvalue weighted by Crippen LogP contribution is -2.23. The number of imidazole rings is 1. The highest BCUT2D eigenvalue weighted by Crippen LogP contribution is 2.29. The number of hydrogen-bond donors (Lipinski definition) is 3. The van der Waals surface area contributed by atoms with E-state index >= 15 is 0 Å². The SMILES string of the molecule is C[C@@H](Sc1nnc(-c2ccc(F)cc2)n1C[C@H]1CCCO1)C(=O)Nc1ccc2[nH]c(=O)[nH]c2c1. The summed E-state index contributed by atoms with van der Waals surface area (Å²) in [4.78, 5) is 29.7. The van der Waals surface area contributed by atoms with Crippen molar-refractivity contribution in [3.63, 3.8) is 0 Å². The lowest BCUT2D eigenvalue weighted by atomic mass is 10.2. The number of fused-ring (bicyclic) bond motifs is 1. The highest BCUT2D eigenvalue weighted by Gasteiger charge is 2.25. The number of benzene rings is 2. The Labute approximate surface area is 198 Å². The molecule has 176 valence electrons. The molecular formula is C23H23FN6O3S. The zero-order valence-electron chi connectivity index (χ0n) is 18.4. The van der Waals surface area contributed by atoms with Crippen molar-refractivity contribution >= 4 is 34.4 Å². The standard InChI is InChI=1S/C23H23FN6O3S/c1-13(21(31)25-16-8-9-18-19(11-16)27-22(32)26-18)34-23-29-28-20(14-4-6-15(24)7-5-14)30(23)12-17-3-2-10-33-17/h4-9,11,13,17H,2-3,10,12H2,1H3,(H,25,31)(H2,26,27,32)/t13-,17-/m1/s1. The van der Waals surface area contributed by atoms with Gasteiger partial charge in [-0.3, -0.25) is 9.36 Å². The maximum atomic E-state index is 13.4. The number of ether oxygens (including phenoxy) is 1. The zero-order chi connectivity index (χ0) is 23.7. The van der Waals surface area contributed by atoms with Crippen molar-refractivity contribution in [2.75, 3.05) is 11.9 Å². The van der Waals surface area contributed by atoms with E-state index in [-0.39, 0.29) is 23.5 Å². The number of aromatic amines is 2. The van der Waals surface area contributed by atoms with Gasteiger partial charge in [0.25, 0.3) is 0 Å². The van der Waals surface area contributed by atoms with Crippen molar-refractivity contribution in [2.24, 2.45) is 0 Å². The summed E-state index contributed by atoms with van der Waals surface area (Å²) in [6.45, 7) is 3.06. The third-order valence-electron chi connectivity index (χ3n) is 5.66. The van der Waals surface area contributed by atoms with E-state index in [1.165, 1.54) is 23.9 Å². The van der Waals surface area contributed by atoms with E-state index in [4.69, 9.17) is 4.74 Å². The average molecular weight is 483 g/mol. The van der Waals surface area contributed by atoms with E-state index in [0.29, 0.717) is 34.2 Å². The molecule has 11 heteroatoms. The molecule has 1 fully saturated rings. The third kappa shape index (κ3) is 4.75. The Bertz CT molecular complexity index is 1370. The lowest BCUT2D eigenvalue weighted by molar-refractivity contribution is -0.115. The summed E-state index contributed by atoms with van der Waals surface area (Å²) in [5.41, 5.74) is 2.30. The van der Waals surface area contributed by atoms with Gasteiger partial charge in [-0.25, -0.2) is 9.18 Å². The fraction of sp³-hybridized carbons (Fsp3) is 0.304. The molecule has 1 aliphatic heterocycles. The molecule has 1 saturated heterocycles. The number of halogens is 1. The molecule has 2 aromatic carbocycles. The quantitative estimate of drug-likeness (QED) is 0.347. The molecule has 2 atom stereocenters. The Hall–Kier alpha value is -3.44. The van der Waals surface area contributed by atoms with E-state index in [0.717, 1.165) is 25.0 Å².